The molecule has 0 spiro atoms. The van der Waals surface area contributed by atoms with Crippen LogP contribution in [-0.2, 0) is 0 Å². The third kappa shape index (κ3) is 2.11. The van der Waals surface area contributed by atoms with Crippen LogP contribution in [-0.4, -0.2) is 18.1 Å². The first-order chi connectivity index (χ1) is 7.18. The van der Waals surface area contributed by atoms with Gasteiger partial charge in [0.25, 0.3) is 0 Å². The third-order valence-corrected chi connectivity index (χ3v) is 2.87. The standard InChI is InChI=1S/C12H17FN2/c1-9(2)12-11(13)7-10(8-14-12)15-5-3-4-6-15/h7-9H,3-6H2,1-2H3. The molecule has 2 nitrogen and oxygen atoms in total. The quantitative estimate of drug-likeness (QED) is 0.742. The molecule has 0 N–H and O–H groups in total. The van der Waals surface area contributed by atoms with E-state index in [2.05, 4.69) is 9.88 Å². The minimum atomic E-state index is -0.172. The highest BCUT2D eigenvalue weighted by molar-refractivity contribution is 5.46. The van der Waals surface area contributed by atoms with Crippen molar-refractivity contribution >= 4 is 5.69 Å². The monoisotopic (exact) mass is 208 g/mol. The van der Waals surface area contributed by atoms with Gasteiger partial charge in [0.1, 0.15) is 5.82 Å². The summed E-state index contributed by atoms with van der Waals surface area (Å²) in [6.45, 7) is 5.98. The summed E-state index contributed by atoms with van der Waals surface area (Å²) in [5.41, 5.74) is 1.49. The molecule has 1 aliphatic heterocycles. The van der Waals surface area contributed by atoms with Gasteiger partial charge in [-0.3, -0.25) is 4.98 Å². The molecule has 0 atom stereocenters. The van der Waals surface area contributed by atoms with Gasteiger partial charge in [-0.05, 0) is 18.8 Å². The van der Waals surface area contributed by atoms with Gasteiger partial charge in [0.2, 0.25) is 0 Å². The Balaban J connectivity index is 2.24. The van der Waals surface area contributed by atoms with Gasteiger partial charge in [0, 0.05) is 19.2 Å². The zero-order valence-electron chi connectivity index (χ0n) is 9.33. The Labute approximate surface area is 90.1 Å². The van der Waals surface area contributed by atoms with E-state index in [9.17, 15) is 4.39 Å². The zero-order valence-corrected chi connectivity index (χ0v) is 9.33. The Morgan fingerprint density at radius 3 is 2.53 bits per heavy atom. The summed E-state index contributed by atoms with van der Waals surface area (Å²) in [5, 5.41) is 0. The number of hydrogen-bond acceptors (Lipinski definition) is 2. The largest absolute Gasteiger partial charge is 0.370 e. The highest BCUT2D eigenvalue weighted by Crippen LogP contribution is 2.23. The van der Waals surface area contributed by atoms with Crippen LogP contribution in [0.5, 0.6) is 0 Å². The Morgan fingerprint density at radius 1 is 1.33 bits per heavy atom. The van der Waals surface area contributed by atoms with Crippen LogP contribution in [0.25, 0.3) is 0 Å². The first-order valence-electron chi connectivity index (χ1n) is 5.59. The van der Waals surface area contributed by atoms with E-state index in [1.807, 2.05) is 13.8 Å². The Morgan fingerprint density at radius 2 is 2.00 bits per heavy atom. The number of halogens is 1. The van der Waals surface area contributed by atoms with Crippen molar-refractivity contribution in [3.05, 3.63) is 23.8 Å². The fourth-order valence-corrected chi connectivity index (χ4v) is 2.01. The van der Waals surface area contributed by atoms with E-state index < -0.39 is 0 Å². The van der Waals surface area contributed by atoms with E-state index in [0.29, 0.717) is 5.69 Å². The van der Waals surface area contributed by atoms with Crippen molar-refractivity contribution in [1.82, 2.24) is 4.98 Å². The molecule has 0 amide bonds. The summed E-state index contributed by atoms with van der Waals surface area (Å²) in [7, 11) is 0. The van der Waals surface area contributed by atoms with Crippen molar-refractivity contribution in [2.75, 3.05) is 18.0 Å². The molecule has 0 bridgehead atoms. The molecule has 2 rings (SSSR count). The van der Waals surface area contributed by atoms with E-state index in [1.165, 1.54) is 12.8 Å². The highest BCUT2D eigenvalue weighted by Gasteiger charge is 2.15. The second kappa shape index (κ2) is 4.17. The van der Waals surface area contributed by atoms with Crippen LogP contribution in [0.4, 0.5) is 10.1 Å². The predicted octanol–water partition coefficient (Wildman–Crippen LogP) is 2.94. The molecule has 82 valence electrons. The van der Waals surface area contributed by atoms with Gasteiger partial charge in [-0.1, -0.05) is 13.8 Å². The second-order valence-electron chi connectivity index (χ2n) is 4.41. The first-order valence-corrected chi connectivity index (χ1v) is 5.59. The van der Waals surface area contributed by atoms with Gasteiger partial charge in [0.05, 0.1) is 17.6 Å². The predicted molar refractivity (Wildman–Crippen MR) is 59.7 cm³/mol. The number of nitrogens with zero attached hydrogens (tertiary/aromatic N) is 2. The molecule has 1 aliphatic rings. The molecule has 1 aromatic heterocycles. The lowest BCUT2D eigenvalue weighted by atomic mass is 10.1. The molecule has 15 heavy (non-hydrogen) atoms. The van der Waals surface area contributed by atoms with Crippen molar-refractivity contribution in [3.63, 3.8) is 0 Å². The fourth-order valence-electron chi connectivity index (χ4n) is 2.01. The number of rotatable bonds is 2. The second-order valence-corrected chi connectivity index (χ2v) is 4.41. The summed E-state index contributed by atoms with van der Waals surface area (Å²) >= 11 is 0. The minimum absolute atomic E-state index is 0.151. The maximum absolute atomic E-state index is 13.7. The molecule has 0 radical (unpaired) electrons. The van der Waals surface area contributed by atoms with Crippen LogP contribution < -0.4 is 4.90 Å². The van der Waals surface area contributed by atoms with Gasteiger partial charge >= 0.3 is 0 Å². The number of aromatic nitrogens is 1. The summed E-state index contributed by atoms with van der Waals surface area (Å²) < 4.78 is 13.7. The Bertz CT molecular complexity index is 343. The van der Waals surface area contributed by atoms with E-state index in [-0.39, 0.29) is 11.7 Å². The van der Waals surface area contributed by atoms with Gasteiger partial charge in [-0.15, -0.1) is 0 Å². The molecular weight excluding hydrogens is 191 g/mol. The van der Waals surface area contributed by atoms with Crippen molar-refractivity contribution in [2.24, 2.45) is 0 Å². The molecular formula is C12H17FN2. The summed E-state index contributed by atoms with van der Waals surface area (Å²) in [6.07, 6.45) is 4.20. The number of anilines is 1. The lowest BCUT2D eigenvalue weighted by molar-refractivity contribution is 0.584. The third-order valence-electron chi connectivity index (χ3n) is 2.87. The lowest BCUT2D eigenvalue weighted by Crippen LogP contribution is -2.18. The topological polar surface area (TPSA) is 16.1 Å². The molecule has 1 aromatic rings. The zero-order chi connectivity index (χ0) is 10.8. The molecule has 1 saturated heterocycles. The first kappa shape index (κ1) is 10.4. The van der Waals surface area contributed by atoms with Crippen LogP contribution in [0.3, 0.4) is 0 Å². The maximum atomic E-state index is 13.7. The van der Waals surface area contributed by atoms with Crippen molar-refractivity contribution in [1.29, 1.82) is 0 Å². The number of pyridine rings is 1. The lowest BCUT2D eigenvalue weighted by Gasteiger charge is -2.18. The van der Waals surface area contributed by atoms with Gasteiger partial charge in [-0.25, -0.2) is 4.39 Å². The minimum Gasteiger partial charge on any atom is -0.370 e. The molecule has 0 saturated carbocycles. The summed E-state index contributed by atoms with van der Waals surface area (Å²) in [4.78, 5) is 6.40. The van der Waals surface area contributed by atoms with Crippen LogP contribution in [0.2, 0.25) is 0 Å². The normalized spacial score (nSPS) is 16.4. The molecule has 1 fully saturated rings. The molecule has 0 unspecified atom stereocenters. The summed E-state index contributed by atoms with van der Waals surface area (Å²) in [6, 6.07) is 1.62. The fraction of sp³-hybridized carbons (Fsp3) is 0.583. The van der Waals surface area contributed by atoms with Crippen LogP contribution >= 0.6 is 0 Å². The maximum Gasteiger partial charge on any atom is 0.147 e. The molecule has 0 aliphatic carbocycles. The highest BCUT2D eigenvalue weighted by atomic mass is 19.1. The van der Waals surface area contributed by atoms with Crippen molar-refractivity contribution in [3.8, 4) is 0 Å². The van der Waals surface area contributed by atoms with Crippen molar-refractivity contribution < 1.29 is 4.39 Å². The van der Waals surface area contributed by atoms with Gasteiger partial charge in [-0.2, -0.15) is 0 Å². The van der Waals surface area contributed by atoms with E-state index in [0.717, 1.165) is 18.8 Å². The summed E-state index contributed by atoms with van der Waals surface area (Å²) in [5.74, 6) is -0.0213. The number of hydrogen-bond donors (Lipinski definition) is 0. The average Bonchev–Trinajstić information content (AvgIpc) is 2.69. The molecule has 2 heterocycles. The van der Waals surface area contributed by atoms with Gasteiger partial charge < -0.3 is 4.90 Å². The average molecular weight is 208 g/mol. The van der Waals surface area contributed by atoms with E-state index in [4.69, 9.17) is 0 Å². The van der Waals surface area contributed by atoms with Crippen LogP contribution in [0, 0.1) is 5.82 Å². The SMILES string of the molecule is CC(C)c1ncc(N2CCCC2)cc1F. The smallest absolute Gasteiger partial charge is 0.147 e. The molecule has 3 heteroatoms. The van der Waals surface area contributed by atoms with Gasteiger partial charge in [0.15, 0.2) is 0 Å². The van der Waals surface area contributed by atoms with E-state index >= 15 is 0 Å². The van der Waals surface area contributed by atoms with Crippen LogP contribution in [0.1, 0.15) is 38.3 Å². The molecule has 0 aromatic carbocycles. The van der Waals surface area contributed by atoms with E-state index in [1.54, 1.807) is 12.3 Å². The van der Waals surface area contributed by atoms with Crippen molar-refractivity contribution in [2.45, 2.75) is 32.6 Å². The van der Waals surface area contributed by atoms with Crippen LogP contribution in [0.15, 0.2) is 12.3 Å². The Kier molecular flexibility index (Phi) is 2.89. The Hall–Kier alpha value is -1.12.